The molecule has 27 heavy (non-hydrogen) atoms. The van der Waals surface area contributed by atoms with E-state index in [1.165, 1.54) is 43.4 Å². The SMILES string of the molecule is O=C1CCN(CC(=O)Nc2ncc(C34CC5CC(CC(C5)C3)C4)[nH]2)C(=O)N1. The molecular weight excluding hydrogens is 346 g/mol. The van der Waals surface area contributed by atoms with E-state index in [4.69, 9.17) is 0 Å². The minimum atomic E-state index is -0.518. The number of H-pyrrole nitrogens is 1. The number of aromatic amines is 1. The fraction of sp³-hybridized carbons (Fsp3) is 0.684. The number of amides is 4. The van der Waals surface area contributed by atoms with Gasteiger partial charge in [-0.3, -0.25) is 20.2 Å². The van der Waals surface area contributed by atoms with Gasteiger partial charge in [0.25, 0.3) is 0 Å². The third-order valence-corrected chi connectivity index (χ3v) is 6.92. The van der Waals surface area contributed by atoms with Gasteiger partial charge in [-0.05, 0) is 56.3 Å². The summed E-state index contributed by atoms with van der Waals surface area (Å²) in [5.41, 5.74) is 1.36. The van der Waals surface area contributed by atoms with Crippen molar-refractivity contribution in [3.63, 3.8) is 0 Å². The molecule has 144 valence electrons. The number of carbonyl (C=O) groups is 3. The first-order valence-corrected chi connectivity index (χ1v) is 9.93. The number of imide groups is 1. The molecule has 6 rings (SSSR count). The third kappa shape index (κ3) is 3.00. The number of aromatic nitrogens is 2. The van der Waals surface area contributed by atoms with Crippen LogP contribution in [0.4, 0.5) is 10.7 Å². The van der Waals surface area contributed by atoms with Gasteiger partial charge in [-0.1, -0.05) is 0 Å². The molecule has 1 aliphatic heterocycles. The van der Waals surface area contributed by atoms with E-state index in [0.717, 1.165) is 23.4 Å². The van der Waals surface area contributed by atoms with Gasteiger partial charge in [0.05, 0.1) is 6.20 Å². The Hall–Kier alpha value is -2.38. The molecule has 0 atom stereocenters. The maximum atomic E-state index is 12.3. The number of urea groups is 1. The minimum Gasteiger partial charge on any atom is -0.327 e. The van der Waals surface area contributed by atoms with E-state index in [9.17, 15) is 14.4 Å². The second-order valence-electron chi connectivity index (χ2n) is 8.92. The standard InChI is InChI=1S/C19H25N5O3/c25-15-1-2-24(18(27)23-15)10-16(26)22-17-20-9-14(21-17)19-6-11-3-12(7-19)5-13(4-11)8-19/h9,11-13H,1-8,10H2,(H,23,25,27)(H2,20,21,22,26). The van der Waals surface area contributed by atoms with Crippen molar-refractivity contribution in [2.24, 2.45) is 17.8 Å². The van der Waals surface area contributed by atoms with Gasteiger partial charge in [-0.15, -0.1) is 0 Å². The summed E-state index contributed by atoms with van der Waals surface area (Å²) in [6.07, 6.45) is 9.96. The lowest BCUT2D eigenvalue weighted by Gasteiger charge is -2.56. The van der Waals surface area contributed by atoms with Crippen LogP contribution < -0.4 is 10.6 Å². The fourth-order valence-corrected chi connectivity index (χ4v) is 6.19. The van der Waals surface area contributed by atoms with Gasteiger partial charge in [0.1, 0.15) is 6.54 Å². The lowest BCUT2D eigenvalue weighted by atomic mass is 9.49. The van der Waals surface area contributed by atoms with E-state index in [2.05, 4.69) is 20.6 Å². The summed E-state index contributed by atoms with van der Waals surface area (Å²) in [6.45, 7) is 0.168. The van der Waals surface area contributed by atoms with E-state index in [-0.39, 0.29) is 36.7 Å². The molecule has 2 heterocycles. The quantitative estimate of drug-likeness (QED) is 0.749. The molecule has 0 spiro atoms. The normalized spacial score (nSPS) is 34.7. The average Bonchev–Trinajstić information content (AvgIpc) is 3.05. The minimum absolute atomic E-state index is 0.0908. The highest BCUT2D eigenvalue weighted by molar-refractivity contribution is 5.99. The number of carbonyl (C=O) groups excluding carboxylic acids is 3. The number of hydrogen-bond acceptors (Lipinski definition) is 4. The first-order chi connectivity index (χ1) is 13.0. The van der Waals surface area contributed by atoms with E-state index in [1.54, 1.807) is 0 Å². The topological polar surface area (TPSA) is 107 Å². The van der Waals surface area contributed by atoms with Crippen molar-refractivity contribution in [3.05, 3.63) is 11.9 Å². The monoisotopic (exact) mass is 371 g/mol. The number of nitrogens with zero attached hydrogens (tertiary/aromatic N) is 2. The van der Waals surface area contributed by atoms with Crippen LogP contribution in [0.2, 0.25) is 0 Å². The van der Waals surface area contributed by atoms with Crippen molar-refractivity contribution in [3.8, 4) is 0 Å². The Bertz CT molecular complexity index is 766. The smallest absolute Gasteiger partial charge is 0.324 e. The van der Waals surface area contributed by atoms with Gasteiger partial charge in [-0.25, -0.2) is 9.78 Å². The lowest BCUT2D eigenvalue weighted by Crippen LogP contribution is -2.51. The molecule has 5 aliphatic rings. The third-order valence-electron chi connectivity index (χ3n) is 6.92. The molecule has 1 aromatic rings. The molecule has 4 saturated carbocycles. The summed E-state index contributed by atoms with van der Waals surface area (Å²) < 4.78 is 0. The molecule has 8 nitrogen and oxygen atoms in total. The Labute approximate surface area is 157 Å². The van der Waals surface area contributed by atoms with Crippen molar-refractivity contribution in [1.29, 1.82) is 0 Å². The molecule has 0 aromatic carbocycles. The second kappa shape index (κ2) is 6.07. The summed E-state index contributed by atoms with van der Waals surface area (Å²) in [6, 6.07) is -0.518. The van der Waals surface area contributed by atoms with Gasteiger partial charge in [0.15, 0.2) is 0 Å². The average molecular weight is 371 g/mol. The zero-order valence-corrected chi connectivity index (χ0v) is 15.3. The molecule has 5 fully saturated rings. The summed E-state index contributed by atoms with van der Waals surface area (Å²) in [5, 5.41) is 4.98. The zero-order chi connectivity index (χ0) is 18.6. The van der Waals surface area contributed by atoms with Crippen LogP contribution in [0.5, 0.6) is 0 Å². The van der Waals surface area contributed by atoms with Gasteiger partial charge >= 0.3 is 6.03 Å². The van der Waals surface area contributed by atoms with Crippen LogP contribution in [0.1, 0.15) is 50.6 Å². The summed E-state index contributed by atoms with van der Waals surface area (Å²) in [7, 11) is 0. The largest absolute Gasteiger partial charge is 0.327 e. The summed E-state index contributed by atoms with van der Waals surface area (Å²) >= 11 is 0. The van der Waals surface area contributed by atoms with E-state index in [0.29, 0.717) is 5.95 Å². The highest BCUT2D eigenvalue weighted by Crippen LogP contribution is 2.60. The molecule has 0 radical (unpaired) electrons. The molecule has 0 unspecified atom stereocenters. The maximum absolute atomic E-state index is 12.3. The Balaban J connectivity index is 1.24. The Morgan fingerprint density at radius 3 is 2.48 bits per heavy atom. The zero-order valence-electron chi connectivity index (χ0n) is 15.3. The van der Waals surface area contributed by atoms with Gasteiger partial charge in [-0.2, -0.15) is 0 Å². The van der Waals surface area contributed by atoms with Gasteiger partial charge < -0.3 is 9.88 Å². The van der Waals surface area contributed by atoms with Crippen LogP contribution >= 0.6 is 0 Å². The Kier molecular flexibility index (Phi) is 3.77. The van der Waals surface area contributed by atoms with Crippen LogP contribution in [-0.4, -0.2) is 45.8 Å². The molecule has 4 amide bonds. The molecular formula is C19H25N5O3. The lowest BCUT2D eigenvalue weighted by molar-refractivity contribution is -0.123. The highest BCUT2D eigenvalue weighted by atomic mass is 16.2. The number of rotatable bonds is 4. The maximum Gasteiger partial charge on any atom is 0.324 e. The number of hydrogen-bond donors (Lipinski definition) is 3. The van der Waals surface area contributed by atoms with Crippen LogP contribution in [-0.2, 0) is 15.0 Å². The Morgan fingerprint density at radius 1 is 1.19 bits per heavy atom. The van der Waals surface area contributed by atoms with E-state index >= 15 is 0 Å². The van der Waals surface area contributed by atoms with Crippen LogP contribution in [0.3, 0.4) is 0 Å². The molecule has 4 bridgehead atoms. The van der Waals surface area contributed by atoms with Crippen molar-refractivity contribution >= 4 is 23.8 Å². The molecule has 1 saturated heterocycles. The Morgan fingerprint density at radius 2 is 1.85 bits per heavy atom. The molecule has 8 heteroatoms. The van der Waals surface area contributed by atoms with Crippen LogP contribution in [0.15, 0.2) is 6.20 Å². The number of imidazole rings is 1. The first-order valence-electron chi connectivity index (χ1n) is 9.93. The predicted octanol–water partition coefficient (Wildman–Crippen LogP) is 1.76. The van der Waals surface area contributed by atoms with Crippen molar-refractivity contribution in [1.82, 2.24) is 20.2 Å². The predicted molar refractivity (Wildman–Crippen MR) is 96.8 cm³/mol. The fourth-order valence-electron chi connectivity index (χ4n) is 6.19. The number of nitrogens with one attached hydrogen (secondary N) is 3. The molecule has 4 aliphatic carbocycles. The van der Waals surface area contributed by atoms with Gasteiger partial charge in [0, 0.05) is 24.1 Å². The van der Waals surface area contributed by atoms with Crippen molar-refractivity contribution in [2.75, 3.05) is 18.4 Å². The first kappa shape index (κ1) is 16.8. The van der Waals surface area contributed by atoms with Crippen molar-refractivity contribution < 1.29 is 14.4 Å². The highest BCUT2D eigenvalue weighted by Gasteiger charge is 2.52. The summed E-state index contributed by atoms with van der Waals surface area (Å²) in [5.74, 6) is 2.36. The van der Waals surface area contributed by atoms with E-state index < -0.39 is 6.03 Å². The van der Waals surface area contributed by atoms with Crippen LogP contribution in [0, 0.1) is 17.8 Å². The van der Waals surface area contributed by atoms with E-state index in [1.807, 2.05) is 6.20 Å². The van der Waals surface area contributed by atoms with Gasteiger partial charge in [0.2, 0.25) is 17.8 Å². The van der Waals surface area contributed by atoms with Crippen molar-refractivity contribution in [2.45, 2.75) is 50.4 Å². The molecule has 1 aromatic heterocycles. The number of anilines is 1. The molecule has 3 N–H and O–H groups in total. The van der Waals surface area contributed by atoms with Crippen LogP contribution in [0.25, 0.3) is 0 Å². The summed E-state index contributed by atoms with van der Waals surface area (Å²) in [4.78, 5) is 44.3. The second-order valence-corrected chi connectivity index (χ2v) is 8.92.